The Labute approximate surface area is 174 Å². The van der Waals surface area contributed by atoms with Gasteiger partial charge in [-0.2, -0.15) is 0 Å². The Hall–Kier alpha value is -3.06. The lowest BCUT2D eigenvalue weighted by Gasteiger charge is -2.26. The van der Waals surface area contributed by atoms with Crippen molar-refractivity contribution < 1.29 is 14.6 Å². The molecule has 0 aliphatic heterocycles. The third-order valence-electron chi connectivity index (χ3n) is 5.84. The second kappa shape index (κ2) is 8.75. The predicted molar refractivity (Wildman–Crippen MR) is 115 cm³/mol. The SMILES string of the molecule is COc1cccc(CCNC(=O)c2ccc3c(c2)[nH]c(=O)n3C2CCC(O)CC2)c1. The number of carbonyl (C=O) groups is 1. The first-order chi connectivity index (χ1) is 14.5. The van der Waals surface area contributed by atoms with Crippen LogP contribution in [-0.2, 0) is 6.42 Å². The molecule has 30 heavy (non-hydrogen) atoms. The summed E-state index contributed by atoms with van der Waals surface area (Å²) < 4.78 is 6.99. The fourth-order valence-electron chi connectivity index (χ4n) is 4.20. The highest BCUT2D eigenvalue weighted by Gasteiger charge is 2.24. The van der Waals surface area contributed by atoms with Crippen LogP contribution in [0.25, 0.3) is 11.0 Å². The number of ether oxygens (including phenoxy) is 1. The maximum atomic E-state index is 12.6. The molecule has 2 aromatic carbocycles. The number of carbonyl (C=O) groups excluding carboxylic acids is 1. The molecule has 1 fully saturated rings. The zero-order valence-corrected chi connectivity index (χ0v) is 17.1. The van der Waals surface area contributed by atoms with Crippen molar-refractivity contribution in [3.8, 4) is 5.75 Å². The standard InChI is InChI=1S/C23H27N3O4/c1-30-19-4-2-3-15(13-19)11-12-24-22(28)16-5-10-21-20(14-16)25-23(29)26(21)17-6-8-18(27)9-7-17/h2-5,10,13-14,17-18,27H,6-9,11-12H2,1H3,(H,24,28)(H,25,29). The number of methoxy groups -OCH3 is 1. The number of imidazole rings is 1. The molecule has 0 atom stereocenters. The summed E-state index contributed by atoms with van der Waals surface area (Å²) in [4.78, 5) is 28.0. The molecule has 3 aromatic rings. The highest BCUT2D eigenvalue weighted by atomic mass is 16.5. The molecule has 1 aromatic heterocycles. The van der Waals surface area contributed by atoms with Crippen LogP contribution in [0.3, 0.4) is 0 Å². The number of aliphatic hydroxyl groups is 1. The van der Waals surface area contributed by atoms with Crippen molar-refractivity contribution in [2.75, 3.05) is 13.7 Å². The fourth-order valence-corrected chi connectivity index (χ4v) is 4.20. The number of nitrogens with one attached hydrogen (secondary N) is 2. The number of hydrogen-bond acceptors (Lipinski definition) is 4. The van der Waals surface area contributed by atoms with Gasteiger partial charge in [-0.05, 0) is 68.0 Å². The average Bonchev–Trinajstić information content (AvgIpc) is 3.09. The summed E-state index contributed by atoms with van der Waals surface area (Å²) in [6.07, 6.45) is 3.40. The first-order valence-electron chi connectivity index (χ1n) is 10.4. The molecule has 7 nitrogen and oxygen atoms in total. The number of aromatic amines is 1. The van der Waals surface area contributed by atoms with Crippen LogP contribution in [0, 0.1) is 0 Å². The number of hydrogen-bond donors (Lipinski definition) is 3. The molecule has 7 heteroatoms. The third-order valence-corrected chi connectivity index (χ3v) is 5.84. The number of amides is 1. The molecular weight excluding hydrogens is 382 g/mol. The Bertz CT molecular complexity index is 1090. The molecule has 1 heterocycles. The molecule has 4 rings (SSSR count). The quantitative estimate of drug-likeness (QED) is 0.583. The zero-order chi connectivity index (χ0) is 21.1. The van der Waals surface area contributed by atoms with Crippen LogP contribution in [-0.4, -0.2) is 40.3 Å². The summed E-state index contributed by atoms with van der Waals surface area (Å²) in [5, 5.41) is 12.7. The molecular formula is C23H27N3O4. The minimum absolute atomic E-state index is 0.0807. The molecule has 158 valence electrons. The monoisotopic (exact) mass is 409 g/mol. The number of aromatic nitrogens is 2. The van der Waals surface area contributed by atoms with Crippen LogP contribution in [0.1, 0.15) is 47.6 Å². The van der Waals surface area contributed by atoms with Gasteiger partial charge in [0.05, 0.1) is 24.2 Å². The largest absolute Gasteiger partial charge is 0.497 e. The second-order valence-electron chi connectivity index (χ2n) is 7.85. The van der Waals surface area contributed by atoms with Gasteiger partial charge in [-0.15, -0.1) is 0 Å². The molecule has 0 unspecified atom stereocenters. The summed E-state index contributed by atoms with van der Waals surface area (Å²) in [5.41, 5.74) is 2.90. The Morgan fingerprint density at radius 3 is 2.77 bits per heavy atom. The lowest BCUT2D eigenvalue weighted by atomic mass is 9.93. The minimum atomic E-state index is -0.269. The molecule has 3 N–H and O–H groups in total. The van der Waals surface area contributed by atoms with E-state index in [2.05, 4.69) is 10.3 Å². The van der Waals surface area contributed by atoms with E-state index in [1.54, 1.807) is 23.8 Å². The summed E-state index contributed by atoms with van der Waals surface area (Å²) in [6.45, 7) is 0.506. The molecule has 0 bridgehead atoms. The van der Waals surface area contributed by atoms with Gasteiger partial charge >= 0.3 is 5.69 Å². The Morgan fingerprint density at radius 2 is 2.00 bits per heavy atom. The van der Waals surface area contributed by atoms with Crippen LogP contribution in [0.2, 0.25) is 0 Å². The van der Waals surface area contributed by atoms with E-state index in [0.717, 1.165) is 29.7 Å². The molecule has 1 amide bonds. The van der Waals surface area contributed by atoms with Gasteiger partial charge < -0.3 is 20.1 Å². The van der Waals surface area contributed by atoms with Crippen molar-refractivity contribution in [2.45, 2.75) is 44.2 Å². The van der Waals surface area contributed by atoms with Crippen molar-refractivity contribution in [1.29, 1.82) is 0 Å². The second-order valence-corrected chi connectivity index (χ2v) is 7.85. The van der Waals surface area contributed by atoms with Gasteiger partial charge in [0.1, 0.15) is 5.75 Å². The maximum Gasteiger partial charge on any atom is 0.326 e. The predicted octanol–water partition coefficient (Wildman–Crippen LogP) is 2.79. The van der Waals surface area contributed by atoms with Crippen LogP contribution >= 0.6 is 0 Å². The Kier molecular flexibility index (Phi) is 5.90. The van der Waals surface area contributed by atoms with Crippen molar-refractivity contribution in [3.05, 3.63) is 64.1 Å². The van der Waals surface area contributed by atoms with Crippen molar-refractivity contribution >= 4 is 16.9 Å². The topological polar surface area (TPSA) is 96.4 Å². The van der Waals surface area contributed by atoms with E-state index < -0.39 is 0 Å². The van der Waals surface area contributed by atoms with Gasteiger partial charge in [0.25, 0.3) is 5.91 Å². The van der Waals surface area contributed by atoms with E-state index in [1.807, 2.05) is 30.3 Å². The first kappa shape index (κ1) is 20.2. The smallest absolute Gasteiger partial charge is 0.326 e. The number of aliphatic hydroxyl groups excluding tert-OH is 1. The van der Waals surface area contributed by atoms with Crippen LogP contribution in [0.5, 0.6) is 5.75 Å². The highest BCUT2D eigenvalue weighted by Crippen LogP contribution is 2.29. The van der Waals surface area contributed by atoms with Gasteiger partial charge in [0.15, 0.2) is 0 Å². The third kappa shape index (κ3) is 4.26. The number of fused-ring (bicyclic) bond motifs is 1. The van der Waals surface area contributed by atoms with E-state index in [0.29, 0.717) is 36.9 Å². The number of rotatable bonds is 6. The highest BCUT2D eigenvalue weighted by molar-refractivity contribution is 5.97. The Balaban J connectivity index is 1.44. The van der Waals surface area contributed by atoms with Crippen molar-refractivity contribution in [2.24, 2.45) is 0 Å². The van der Waals surface area contributed by atoms with Gasteiger partial charge in [-0.25, -0.2) is 4.79 Å². The van der Waals surface area contributed by atoms with Gasteiger partial charge in [0.2, 0.25) is 0 Å². The van der Waals surface area contributed by atoms with E-state index in [9.17, 15) is 14.7 Å². The summed E-state index contributed by atoms with van der Waals surface area (Å²) in [5.74, 6) is 0.624. The zero-order valence-electron chi connectivity index (χ0n) is 17.1. The lowest BCUT2D eigenvalue weighted by molar-refractivity contribution is 0.0954. The normalized spacial score (nSPS) is 19.0. The fraction of sp³-hybridized carbons (Fsp3) is 0.391. The minimum Gasteiger partial charge on any atom is -0.497 e. The molecule has 1 aliphatic rings. The van der Waals surface area contributed by atoms with E-state index in [1.165, 1.54) is 0 Å². The van der Waals surface area contributed by atoms with Gasteiger partial charge in [0, 0.05) is 18.2 Å². The molecule has 1 saturated carbocycles. The number of benzene rings is 2. The lowest BCUT2D eigenvalue weighted by Crippen LogP contribution is -2.27. The average molecular weight is 409 g/mol. The first-order valence-corrected chi connectivity index (χ1v) is 10.4. The Morgan fingerprint density at radius 1 is 1.20 bits per heavy atom. The van der Waals surface area contributed by atoms with Gasteiger partial charge in [-0.1, -0.05) is 12.1 Å². The molecule has 0 spiro atoms. The number of H-pyrrole nitrogens is 1. The van der Waals surface area contributed by atoms with Crippen molar-refractivity contribution in [1.82, 2.24) is 14.9 Å². The molecule has 0 radical (unpaired) electrons. The maximum absolute atomic E-state index is 12.6. The summed E-state index contributed by atoms with van der Waals surface area (Å²) in [6, 6.07) is 13.2. The van der Waals surface area contributed by atoms with E-state index >= 15 is 0 Å². The summed E-state index contributed by atoms with van der Waals surface area (Å²) in [7, 11) is 1.63. The molecule has 1 aliphatic carbocycles. The van der Waals surface area contributed by atoms with E-state index in [-0.39, 0.29) is 23.7 Å². The van der Waals surface area contributed by atoms with Crippen LogP contribution in [0.15, 0.2) is 47.3 Å². The van der Waals surface area contributed by atoms with Crippen LogP contribution < -0.4 is 15.7 Å². The summed E-state index contributed by atoms with van der Waals surface area (Å²) >= 11 is 0. The van der Waals surface area contributed by atoms with E-state index in [4.69, 9.17) is 4.74 Å². The number of nitrogens with zero attached hydrogens (tertiary/aromatic N) is 1. The van der Waals surface area contributed by atoms with Crippen molar-refractivity contribution in [3.63, 3.8) is 0 Å². The molecule has 0 saturated heterocycles. The van der Waals surface area contributed by atoms with Crippen LogP contribution in [0.4, 0.5) is 0 Å². The van der Waals surface area contributed by atoms with Gasteiger partial charge in [-0.3, -0.25) is 9.36 Å².